The van der Waals surface area contributed by atoms with Crippen molar-refractivity contribution in [3.8, 4) is 28.0 Å². The van der Waals surface area contributed by atoms with Gasteiger partial charge < -0.3 is 5.11 Å². The Labute approximate surface area is 176 Å². The molecular formula is C28H34O. The van der Waals surface area contributed by atoms with Gasteiger partial charge in [-0.2, -0.15) is 0 Å². The van der Waals surface area contributed by atoms with Crippen LogP contribution in [0, 0.1) is 0 Å². The number of hydrogen-bond acceptors (Lipinski definition) is 1. The molecule has 0 atom stereocenters. The van der Waals surface area contributed by atoms with Crippen LogP contribution in [0.3, 0.4) is 0 Å². The van der Waals surface area contributed by atoms with Gasteiger partial charge in [-0.15, -0.1) is 0 Å². The van der Waals surface area contributed by atoms with Gasteiger partial charge in [-0.3, -0.25) is 0 Å². The third-order valence-corrected chi connectivity index (χ3v) is 5.77. The molecule has 0 saturated carbocycles. The summed E-state index contributed by atoms with van der Waals surface area (Å²) < 4.78 is 0. The summed E-state index contributed by atoms with van der Waals surface area (Å²) in [5.74, 6) is 0.310. The number of phenols is 1. The van der Waals surface area contributed by atoms with Gasteiger partial charge in [0, 0.05) is 0 Å². The molecule has 0 aliphatic heterocycles. The molecule has 0 amide bonds. The number of aryl methyl sites for hydroxylation is 2. The van der Waals surface area contributed by atoms with Crippen LogP contribution < -0.4 is 0 Å². The highest BCUT2D eigenvalue weighted by Crippen LogP contribution is 2.30. The average Bonchev–Trinajstić information content (AvgIpc) is 2.77. The van der Waals surface area contributed by atoms with Gasteiger partial charge in [0.05, 0.1) is 0 Å². The van der Waals surface area contributed by atoms with Crippen LogP contribution in [0.4, 0.5) is 0 Å². The lowest BCUT2D eigenvalue weighted by atomic mass is 9.93. The number of benzene rings is 3. The molecule has 0 aliphatic rings. The van der Waals surface area contributed by atoms with Gasteiger partial charge in [-0.1, -0.05) is 101 Å². The minimum Gasteiger partial charge on any atom is -0.508 e. The van der Waals surface area contributed by atoms with Crippen molar-refractivity contribution in [2.24, 2.45) is 0 Å². The summed E-state index contributed by atoms with van der Waals surface area (Å²) in [6.07, 6.45) is 10.3. The fraction of sp³-hybridized carbons (Fsp3) is 0.357. The van der Waals surface area contributed by atoms with Gasteiger partial charge in [-0.05, 0) is 64.8 Å². The first kappa shape index (κ1) is 21.2. The van der Waals surface area contributed by atoms with Gasteiger partial charge >= 0.3 is 0 Å². The maximum absolute atomic E-state index is 9.55. The normalized spacial score (nSPS) is 11.0. The molecule has 0 aliphatic carbocycles. The second-order valence-electron chi connectivity index (χ2n) is 7.99. The predicted octanol–water partition coefficient (Wildman–Crippen LogP) is 8.19. The first-order valence-electron chi connectivity index (χ1n) is 11.2. The molecule has 1 N–H and O–H groups in total. The van der Waals surface area contributed by atoms with Crippen molar-refractivity contribution in [3.63, 3.8) is 0 Å². The lowest BCUT2D eigenvalue weighted by Crippen LogP contribution is -1.90. The molecule has 0 fully saturated rings. The minimum atomic E-state index is 0.310. The van der Waals surface area contributed by atoms with Crippen LogP contribution in [0.5, 0.6) is 5.75 Å². The molecule has 0 aromatic heterocycles. The topological polar surface area (TPSA) is 20.2 Å². The summed E-state index contributed by atoms with van der Waals surface area (Å²) in [4.78, 5) is 0. The molecule has 3 aromatic rings. The molecule has 0 heterocycles. The maximum Gasteiger partial charge on any atom is 0.115 e. The fourth-order valence-corrected chi connectivity index (χ4v) is 3.96. The van der Waals surface area contributed by atoms with E-state index in [9.17, 15) is 5.11 Å². The number of hydrogen-bond donors (Lipinski definition) is 1. The predicted molar refractivity (Wildman–Crippen MR) is 125 cm³/mol. The van der Waals surface area contributed by atoms with Crippen LogP contribution >= 0.6 is 0 Å². The Kier molecular flexibility index (Phi) is 7.93. The standard InChI is InChI=1S/C28H34O/c1-3-5-6-7-8-9-10-22-11-13-24(14-12-22)26-17-20-28(23(4-2)21-26)25-15-18-27(29)19-16-25/h11-21,29H,3-10H2,1-2H3. The van der Waals surface area contributed by atoms with Crippen LogP contribution in [-0.4, -0.2) is 5.11 Å². The van der Waals surface area contributed by atoms with Crippen LogP contribution in [0.1, 0.15) is 63.5 Å². The van der Waals surface area contributed by atoms with E-state index >= 15 is 0 Å². The molecule has 0 bridgehead atoms. The van der Waals surface area contributed by atoms with Crippen LogP contribution in [-0.2, 0) is 12.8 Å². The summed E-state index contributed by atoms with van der Waals surface area (Å²) in [5, 5.41) is 9.55. The zero-order chi connectivity index (χ0) is 20.5. The lowest BCUT2D eigenvalue weighted by molar-refractivity contribution is 0.475. The highest BCUT2D eigenvalue weighted by atomic mass is 16.3. The SMILES string of the molecule is CCCCCCCCc1ccc(-c2ccc(-c3ccc(O)cc3)c(CC)c2)cc1. The zero-order valence-electron chi connectivity index (χ0n) is 18.0. The Morgan fingerprint density at radius 3 is 1.93 bits per heavy atom. The monoisotopic (exact) mass is 386 g/mol. The Bertz CT molecular complexity index is 875. The van der Waals surface area contributed by atoms with Gasteiger partial charge in [0.2, 0.25) is 0 Å². The smallest absolute Gasteiger partial charge is 0.115 e. The zero-order valence-corrected chi connectivity index (χ0v) is 18.0. The third-order valence-electron chi connectivity index (χ3n) is 5.77. The molecule has 3 aromatic carbocycles. The largest absolute Gasteiger partial charge is 0.508 e. The van der Waals surface area contributed by atoms with Crippen molar-refractivity contribution >= 4 is 0 Å². The molecule has 1 nitrogen and oxygen atoms in total. The van der Waals surface area contributed by atoms with E-state index in [1.54, 1.807) is 12.1 Å². The van der Waals surface area contributed by atoms with Gasteiger partial charge in [-0.25, -0.2) is 0 Å². The number of aromatic hydroxyl groups is 1. The molecular weight excluding hydrogens is 352 g/mol. The van der Waals surface area contributed by atoms with E-state index in [1.165, 1.54) is 72.8 Å². The second kappa shape index (κ2) is 10.9. The van der Waals surface area contributed by atoms with E-state index in [2.05, 4.69) is 56.3 Å². The number of rotatable bonds is 10. The molecule has 0 unspecified atom stereocenters. The Morgan fingerprint density at radius 1 is 0.621 bits per heavy atom. The van der Waals surface area contributed by atoms with E-state index in [0.717, 1.165) is 12.0 Å². The van der Waals surface area contributed by atoms with Crippen molar-refractivity contribution in [1.82, 2.24) is 0 Å². The minimum absolute atomic E-state index is 0.310. The van der Waals surface area contributed by atoms with Crippen molar-refractivity contribution in [1.29, 1.82) is 0 Å². The third kappa shape index (κ3) is 5.97. The van der Waals surface area contributed by atoms with Gasteiger partial charge in [0.15, 0.2) is 0 Å². The van der Waals surface area contributed by atoms with Crippen LogP contribution in [0.15, 0.2) is 66.7 Å². The van der Waals surface area contributed by atoms with Gasteiger partial charge in [0.1, 0.15) is 5.75 Å². The lowest BCUT2D eigenvalue weighted by Gasteiger charge is -2.12. The number of unbranched alkanes of at least 4 members (excludes halogenated alkanes) is 5. The van der Waals surface area contributed by atoms with E-state index in [0.29, 0.717) is 5.75 Å². The highest BCUT2D eigenvalue weighted by molar-refractivity contribution is 5.74. The maximum atomic E-state index is 9.55. The highest BCUT2D eigenvalue weighted by Gasteiger charge is 2.07. The Balaban J connectivity index is 1.66. The van der Waals surface area contributed by atoms with Gasteiger partial charge in [0.25, 0.3) is 0 Å². The molecule has 29 heavy (non-hydrogen) atoms. The van der Waals surface area contributed by atoms with Crippen LogP contribution in [0.25, 0.3) is 22.3 Å². The van der Waals surface area contributed by atoms with E-state index in [-0.39, 0.29) is 0 Å². The van der Waals surface area contributed by atoms with Crippen LogP contribution in [0.2, 0.25) is 0 Å². The second-order valence-corrected chi connectivity index (χ2v) is 7.99. The van der Waals surface area contributed by atoms with E-state index in [1.807, 2.05) is 12.1 Å². The van der Waals surface area contributed by atoms with E-state index in [4.69, 9.17) is 0 Å². The first-order chi connectivity index (χ1) is 14.2. The summed E-state index contributed by atoms with van der Waals surface area (Å²) in [7, 11) is 0. The van der Waals surface area contributed by atoms with Crippen molar-refractivity contribution in [2.45, 2.75) is 65.2 Å². The van der Waals surface area contributed by atoms with Crippen molar-refractivity contribution < 1.29 is 5.11 Å². The van der Waals surface area contributed by atoms with E-state index < -0.39 is 0 Å². The molecule has 152 valence electrons. The summed E-state index contributed by atoms with van der Waals surface area (Å²) in [6, 6.07) is 23.3. The number of phenolic OH excluding ortho intramolecular Hbond substituents is 1. The average molecular weight is 387 g/mol. The first-order valence-corrected chi connectivity index (χ1v) is 11.2. The molecule has 0 saturated heterocycles. The molecule has 1 heteroatoms. The summed E-state index contributed by atoms with van der Waals surface area (Å²) in [6.45, 7) is 4.47. The van der Waals surface area contributed by atoms with Crippen molar-refractivity contribution in [2.75, 3.05) is 0 Å². The summed E-state index contributed by atoms with van der Waals surface area (Å²) in [5.41, 5.74) is 7.74. The quantitative estimate of drug-likeness (QED) is 0.348. The van der Waals surface area contributed by atoms with Crippen molar-refractivity contribution in [3.05, 3.63) is 77.9 Å². The fourth-order valence-electron chi connectivity index (χ4n) is 3.96. The Hall–Kier alpha value is -2.54. The molecule has 0 radical (unpaired) electrons. The Morgan fingerprint density at radius 2 is 1.24 bits per heavy atom. The molecule has 3 rings (SSSR count). The molecule has 0 spiro atoms. The summed E-state index contributed by atoms with van der Waals surface area (Å²) >= 11 is 0.